The van der Waals surface area contributed by atoms with Crippen LogP contribution in [0.25, 0.3) is 0 Å². The minimum Gasteiger partial charge on any atom is -0.495 e. The number of hydrogen-bond donors (Lipinski definition) is 2. The van der Waals surface area contributed by atoms with Gasteiger partial charge in [0.15, 0.2) is 5.03 Å². The molecule has 0 aliphatic heterocycles. The van der Waals surface area contributed by atoms with Gasteiger partial charge in [0.1, 0.15) is 11.6 Å². The van der Waals surface area contributed by atoms with Crippen LogP contribution in [0.2, 0.25) is 0 Å². The number of benzene rings is 2. The molecular formula is C19H20N4O4S. The van der Waals surface area contributed by atoms with Gasteiger partial charge in [0.2, 0.25) is 0 Å². The van der Waals surface area contributed by atoms with Crippen LogP contribution in [-0.4, -0.2) is 31.0 Å². The van der Waals surface area contributed by atoms with Crippen LogP contribution in [0, 0.1) is 6.92 Å². The Morgan fingerprint density at radius 3 is 2.39 bits per heavy atom. The summed E-state index contributed by atoms with van der Waals surface area (Å²) in [5, 5.41) is 2.70. The predicted molar refractivity (Wildman–Crippen MR) is 106 cm³/mol. The zero-order chi connectivity index (χ0) is 20.3. The van der Waals surface area contributed by atoms with Crippen molar-refractivity contribution < 1.29 is 17.9 Å². The van der Waals surface area contributed by atoms with E-state index in [-0.39, 0.29) is 10.9 Å². The third-order valence-corrected chi connectivity index (χ3v) is 5.37. The van der Waals surface area contributed by atoms with E-state index in [1.165, 1.54) is 37.6 Å². The monoisotopic (exact) mass is 400 g/mol. The molecule has 0 fully saturated rings. The summed E-state index contributed by atoms with van der Waals surface area (Å²) in [6, 6.07) is 13.2. The number of anilines is 2. The quantitative estimate of drug-likeness (QED) is 0.662. The summed E-state index contributed by atoms with van der Waals surface area (Å²) < 4.78 is 34.1. The van der Waals surface area contributed by atoms with Crippen LogP contribution in [0.1, 0.15) is 16.2 Å². The van der Waals surface area contributed by atoms with Gasteiger partial charge in [-0.3, -0.25) is 9.52 Å². The van der Waals surface area contributed by atoms with E-state index in [2.05, 4.69) is 15.0 Å². The van der Waals surface area contributed by atoms with Gasteiger partial charge in [0, 0.05) is 24.5 Å². The van der Waals surface area contributed by atoms with Crippen molar-refractivity contribution in [1.82, 2.24) is 9.55 Å². The van der Waals surface area contributed by atoms with E-state index in [4.69, 9.17) is 4.74 Å². The van der Waals surface area contributed by atoms with Gasteiger partial charge < -0.3 is 14.6 Å². The molecule has 1 aromatic heterocycles. The molecule has 8 nitrogen and oxygen atoms in total. The summed E-state index contributed by atoms with van der Waals surface area (Å²) in [6.45, 7) is 1.72. The second kappa shape index (κ2) is 7.73. The Morgan fingerprint density at radius 1 is 1.11 bits per heavy atom. The third kappa shape index (κ3) is 4.15. The van der Waals surface area contributed by atoms with Crippen molar-refractivity contribution >= 4 is 27.3 Å². The Labute approximate surface area is 163 Å². The number of aryl methyl sites for hydroxylation is 2. The van der Waals surface area contributed by atoms with E-state index in [0.29, 0.717) is 28.5 Å². The van der Waals surface area contributed by atoms with Gasteiger partial charge >= 0.3 is 0 Å². The van der Waals surface area contributed by atoms with Crippen molar-refractivity contribution in [3.63, 3.8) is 0 Å². The second-order valence-electron chi connectivity index (χ2n) is 6.07. The van der Waals surface area contributed by atoms with Crippen LogP contribution < -0.4 is 14.8 Å². The molecule has 0 saturated carbocycles. The highest BCUT2D eigenvalue weighted by Gasteiger charge is 2.19. The third-order valence-electron chi connectivity index (χ3n) is 4.12. The lowest BCUT2D eigenvalue weighted by molar-refractivity contribution is 0.102. The maximum atomic E-state index is 12.4. The molecule has 2 N–H and O–H groups in total. The minimum absolute atomic E-state index is 0.0644. The first-order valence-electron chi connectivity index (χ1n) is 8.37. The van der Waals surface area contributed by atoms with Crippen molar-refractivity contribution in [2.45, 2.75) is 11.9 Å². The number of imidazole rings is 1. The number of nitrogens with one attached hydrogen (secondary N) is 2. The molecule has 3 rings (SSSR count). The van der Waals surface area contributed by atoms with Crippen LogP contribution in [0.3, 0.4) is 0 Å². The van der Waals surface area contributed by atoms with Crippen molar-refractivity contribution in [1.29, 1.82) is 0 Å². The minimum atomic E-state index is -3.80. The number of ether oxygens (including phenoxy) is 1. The van der Waals surface area contributed by atoms with E-state index >= 15 is 0 Å². The van der Waals surface area contributed by atoms with Crippen LogP contribution in [0.4, 0.5) is 11.4 Å². The SMILES string of the molecule is COc1ccccc1NC(=O)c1ccc(NS(=O)(=O)c2cn(C)c(C)n2)cc1. The molecule has 0 aliphatic carbocycles. The molecule has 2 aromatic carbocycles. The van der Waals surface area contributed by atoms with Gasteiger partial charge in [-0.2, -0.15) is 8.42 Å². The molecule has 0 saturated heterocycles. The summed E-state index contributed by atoms with van der Waals surface area (Å²) in [4.78, 5) is 16.4. The number of amides is 1. The van der Waals surface area contributed by atoms with E-state index in [0.717, 1.165) is 0 Å². The molecule has 0 radical (unpaired) electrons. The molecule has 0 bridgehead atoms. The zero-order valence-electron chi connectivity index (χ0n) is 15.6. The highest BCUT2D eigenvalue weighted by Crippen LogP contribution is 2.24. The summed E-state index contributed by atoms with van der Waals surface area (Å²) in [7, 11) is -0.563. The van der Waals surface area contributed by atoms with Crippen molar-refractivity contribution in [2.24, 2.45) is 7.05 Å². The van der Waals surface area contributed by atoms with Crippen LogP contribution >= 0.6 is 0 Å². The molecule has 28 heavy (non-hydrogen) atoms. The summed E-state index contributed by atoms with van der Waals surface area (Å²) in [5.74, 6) is 0.800. The van der Waals surface area contributed by atoms with Gasteiger partial charge in [-0.05, 0) is 43.3 Å². The lowest BCUT2D eigenvalue weighted by Crippen LogP contribution is -2.15. The Bertz CT molecular complexity index is 1090. The van der Waals surface area contributed by atoms with E-state index < -0.39 is 10.0 Å². The first kappa shape index (κ1) is 19.4. The Hall–Kier alpha value is -3.33. The molecular weight excluding hydrogens is 380 g/mol. The molecule has 0 aliphatic rings. The molecule has 9 heteroatoms. The maximum absolute atomic E-state index is 12.4. The highest BCUT2D eigenvalue weighted by molar-refractivity contribution is 7.92. The summed E-state index contributed by atoms with van der Waals surface area (Å²) in [5.41, 5.74) is 1.25. The van der Waals surface area contributed by atoms with E-state index in [9.17, 15) is 13.2 Å². The maximum Gasteiger partial charge on any atom is 0.280 e. The van der Waals surface area contributed by atoms with Crippen molar-refractivity contribution in [2.75, 3.05) is 17.1 Å². The number of carbonyl (C=O) groups is 1. The largest absolute Gasteiger partial charge is 0.495 e. The lowest BCUT2D eigenvalue weighted by Gasteiger charge is -2.10. The topological polar surface area (TPSA) is 102 Å². The van der Waals surface area contributed by atoms with Gasteiger partial charge in [-0.25, -0.2) is 4.98 Å². The Balaban J connectivity index is 1.73. The molecule has 0 atom stereocenters. The zero-order valence-corrected chi connectivity index (χ0v) is 16.4. The summed E-state index contributed by atoms with van der Waals surface area (Å²) in [6.07, 6.45) is 1.44. The van der Waals surface area contributed by atoms with Crippen LogP contribution in [0.15, 0.2) is 59.8 Å². The first-order valence-corrected chi connectivity index (χ1v) is 9.85. The van der Waals surface area contributed by atoms with Crippen LogP contribution in [-0.2, 0) is 17.1 Å². The molecule has 1 heterocycles. The highest BCUT2D eigenvalue weighted by atomic mass is 32.2. The van der Waals surface area contributed by atoms with Gasteiger partial charge in [0.05, 0.1) is 12.8 Å². The number of carbonyl (C=O) groups excluding carboxylic acids is 1. The number of nitrogens with zero attached hydrogens (tertiary/aromatic N) is 2. The second-order valence-corrected chi connectivity index (χ2v) is 7.70. The fourth-order valence-corrected chi connectivity index (χ4v) is 3.60. The average molecular weight is 400 g/mol. The number of sulfonamides is 1. The molecule has 3 aromatic rings. The van der Waals surface area contributed by atoms with Gasteiger partial charge in [-0.1, -0.05) is 12.1 Å². The fourth-order valence-electron chi connectivity index (χ4n) is 2.50. The van der Waals surface area contributed by atoms with E-state index in [1.807, 2.05) is 0 Å². The van der Waals surface area contributed by atoms with Crippen molar-refractivity contribution in [3.05, 3.63) is 66.1 Å². The Morgan fingerprint density at radius 2 is 1.79 bits per heavy atom. The van der Waals surface area contributed by atoms with Crippen molar-refractivity contribution in [3.8, 4) is 5.75 Å². The first-order chi connectivity index (χ1) is 13.3. The fraction of sp³-hybridized carbons (Fsp3) is 0.158. The van der Waals surface area contributed by atoms with Gasteiger partial charge in [-0.15, -0.1) is 0 Å². The number of para-hydroxylation sites is 2. The average Bonchev–Trinajstić information content (AvgIpc) is 3.02. The molecule has 0 spiro atoms. The van der Waals surface area contributed by atoms with E-state index in [1.54, 1.807) is 42.8 Å². The number of aromatic nitrogens is 2. The standard InChI is InChI=1S/C19H20N4O4S/c1-13-20-18(12-23(13)2)28(25,26)22-15-10-8-14(9-11-15)19(24)21-16-6-4-5-7-17(16)27-3/h4-12,22H,1-3H3,(H,21,24). The predicted octanol–water partition coefficient (Wildman–Crippen LogP) is 2.79. The smallest absolute Gasteiger partial charge is 0.280 e. The number of rotatable bonds is 6. The Kier molecular flexibility index (Phi) is 5.36. The molecule has 146 valence electrons. The van der Waals surface area contributed by atoms with Crippen LogP contribution in [0.5, 0.6) is 5.75 Å². The normalized spacial score (nSPS) is 11.1. The van der Waals surface area contributed by atoms with Gasteiger partial charge in [0.25, 0.3) is 15.9 Å². The number of methoxy groups -OCH3 is 1. The summed E-state index contributed by atoms with van der Waals surface area (Å²) >= 11 is 0. The lowest BCUT2D eigenvalue weighted by atomic mass is 10.2. The molecule has 1 amide bonds. The number of hydrogen-bond acceptors (Lipinski definition) is 5. The molecule has 0 unspecified atom stereocenters.